The molecule has 0 saturated carbocycles. The van der Waals surface area contributed by atoms with Crippen LogP contribution in [0.25, 0.3) is 0 Å². The number of likely N-dealkylation sites (tertiary alicyclic amines) is 1. The third-order valence-electron chi connectivity index (χ3n) is 5.43. The normalized spacial score (nSPS) is 14.5. The zero-order valence-corrected chi connectivity index (χ0v) is 19.9. The zero-order chi connectivity index (χ0) is 21.8. The van der Waals surface area contributed by atoms with E-state index in [1.54, 1.807) is 31.6 Å². The van der Waals surface area contributed by atoms with E-state index in [-0.39, 0.29) is 0 Å². The van der Waals surface area contributed by atoms with Gasteiger partial charge in [-0.25, -0.2) is 4.98 Å². The van der Waals surface area contributed by atoms with Crippen LogP contribution in [0.3, 0.4) is 0 Å². The molecule has 4 rings (SSSR count). The fourth-order valence-corrected chi connectivity index (χ4v) is 5.18. The Bertz CT molecular complexity index is 996. The minimum absolute atomic E-state index is 0.405. The number of piperidine rings is 1. The molecule has 1 aliphatic heterocycles. The van der Waals surface area contributed by atoms with E-state index in [1.165, 1.54) is 24.8 Å². The van der Waals surface area contributed by atoms with E-state index in [1.807, 2.05) is 27.9 Å². The fourth-order valence-electron chi connectivity index (χ4n) is 3.89. The number of hydrogen-bond acceptors (Lipinski definition) is 6. The van der Waals surface area contributed by atoms with Gasteiger partial charge in [0.25, 0.3) is 0 Å². The first-order valence-electron chi connectivity index (χ1n) is 10.2. The van der Waals surface area contributed by atoms with Gasteiger partial charge in [-0.05, 0) is 55.1 Å². The highest BCUT2D eigenvalue weighted by Crippen LogP contribution is 2.50. The van der Waals surface area contributed by atoms with Crippen LogP contribution in [0.5, 0.6) is 11.5 Å². The van der Waals surface area contributed by atoms with Crippen LogP contribution in [-0.2, 0) is 6.54 Å². The average Bonchev–Trinajstić information content (AvgIpc) is 3.32. The Balaban J connectivity index is 1.80. The Hall–Kier alpha value is -1.99. The van der Waals surface area contributed by atoms with Crippen molar-refractivity contribution < 1.29 is 9.47 Å². The Morgan fingerprint density at radius 1 is 1.03 bits per heavy atom. The van der Waals surface area contributed by atoms with Crippen LogP contribution < -0.4 is 14.4 Å². The monoisotopic (exact) mass is 477 g/mol. The second kappa shape index (κ2) is 10.1. The van der Waals surface area contributed by atoms with Crippen molar-refractivity contribution in [3.05, 3.63) is 56.8 Å². The van der Waals surface area contributed by atoms with E-state index in [0.717, 1.165) is 31.1 Å². The van der Waals surface area contributed by atoms with Gasteiger partial charge in [0, 0.05) is 24.2 Å². The number of anilines is 3. The van der Waals surface area contributed by atoms with Gasteiger partial charge in [0.1, 0.15) is 27.4 Å². The number of nitrogens with zero attached hydrogens (tertiary/aromatic N) is 3. The molecule has 1 aromatic carbocycles. The molecule has 31 heavy (non-hydrogen) atoms. The second-order valence-corrected chi connectivity index (χ2v) is 8.97. The summed E-state index contributed by atoms with van der Waals surface area (Å²) in [5, 5.41) is 4.86. The third kappa shape index (κ3) is 4.77. The fraction of sp³-hybridized carbons (Fsp3) is 0.348. The summed E-state index contributed by atoms with van der Waals surface area (Å²) in [6, 6.07) is 7.88. The van der Waals surface area contributed by atoms with Crippen molar-refractivity contribution in [2.24, 2.45) is 0 Å². The molecular formula is C23H25Cl2N3O2S. The number of thiophene rings is 1. The minimum atomic E-state index is 0.405. The first-order valence-corrected chi connectivity index (χ1v) is 11.9. The molecule has 164 valence electrons. The molecule has 0 radical (unpaired) electrons. The maximum atomic E-state index is 6.76. The molecule has 3 aromatic rings. The van der Waals surface area contributed by atoms with Crippen molar-refractivity contribution in [3.8, 4) is 11.5 Å². The molecule has 1 aliphatic rings. The third-order valence-corrected chi connectivity index (χ3v) is 6.83. The van der Waals surface area contributed by atoms with Gasteiger partial charge < -0.3 is 9.47 Å². The van der Waals surface area contributed by atoms with Gasteiger partial charge in [0.2, 0.25) is 0 Å². The molecule has 0 spiro atoms. The Kier molecular flexibility index (Phi) is 7.23. The smallest absolute Gasteiger partial charge is 0.143 e. The number of rotatable bonds is 7. The first kappa shape index (κ1) is 22.2. The molecule has 1 fully saturated rings. The summed E-state index contributed by atoms with van der Waals surface area (Å²) in [6.45, 7) is 3.17. The van der Waals surface area contributed by atoms with Gasteiger partial charge in [0.15, 0.2) is 0 Å². The zero-order valence-electron chi connectivity index (χ0n) is 17.6. The van der Waals surface area contributed by atoms with Crippen molar-refractivity contribution in [1.29, 1.82) is 0 Å². The minimum Gasteiger partial charge on any atom is -0.495 e. The predicted molar refractivity (Wildman–Crippen MR) is 129 cm³/mol. The molecule has 0 unspecified atom stereocenters. The molecular weight excluding hydrogens is 453 g/mol. The van der Waals surface area contributed by atoms with E-state index in [2.05, 4.69) is 22.0 Å². The average molecular weight is 478 g/mol. The maximum absolute atomic E-state index is 6.76. The van der Waals surface area contributed by atoms with Crippen molar-refractivity contribution in [2.45, 2.75) is 25.8 Å². The standard InChI is InChI=1S/C23H25Cl2N3O2S/c1-29-18-13-19(30-2)22(25)23(21(18)24)28(17-7-11-31-15-17)20-12-16(6-8-26-20)14-27-9-4-3-5-10-27/h6-8,11-13,15H,3-5,9-10,14H2,1-2H3. The summed E-state index contributed by atoms with van der Waals surface area (Å²) in [7, 11) is 3.15. The SMILES string of the molecule is COc1cc(OC)c(Cl)c(N(c2ccsc2)c2cc(CN3CCCCC3)ccn2)c1Cl. The molecule has 0 bridgehead atoms. The number of methoxy groups -OCH3 is 2. The van der Waals surface area contributed by atoms with Crippen LogP contribution in [-0.4, -0.2) is 37.2 Å². The molecule has 0 aliphatic carbocycles. The lowest BCUT2D eigenvalue weighted by Gasteiger charge is -2.28. The summed E-state index contributed by atoms with van der Waals surface area (Å²) in [4.78, 5) is 9.13. The molecule has 2 aromatic heterocycles. The van der Waals surface area contributed by atoms with Gasteiger partial charge in [0.05, 0.1) is 25.6 Å². The quantitative estimate of drug-likeness (QED) is 0.368. The lowest BCUT2D eigenvalue weighted by molar-refractivity contribution is 0.221. The van der Waals surface area contributed by atoms with Gasteiger partial charge in [-0.3, -0.25) is 9.80 Å². The van der Waals surface area contributed by atoms with E-state index >= 15 is 0 Å². The van der Waals surface area contributed by atoms with Crippen molar-refractivity contribution >= 4 is 51.7 Å². The van der Waals surface area contributed by atoms with E-state index in [9.17, 15) is 0 Å². The van der Waals surface area contributed by atoms with Crippen molar-refractivity contribution in [3.63, 3.8) is 0 Å². The highest BCUT2D eigenvalue weighted by Gasteiger charge is 2.26. The number of ether oxygens (including phenoxy) is 2. The van der Waals surface area contributed by atoms with Crippen molar-refractivity contribution in [1.82, 2.24) is 9.88 Å². The Labute approximate surface area is 197 Å². The maximum Gasteiger partial charge on any atom is 0.143 e. The van der Waals surface area contributed by atoms with Crippen LogP contribution >= 0.6 is 34.5 Å². The number of aromatic nitrogens is 1. The number of benzene rings is 1. The summed E-state index contributed by atoms with van der Waals surface area (Å²) in [5.41, 5.74) is 2.71. The Morgan fingerprint density at radius 2 is 1.74 bits per heavy atom. The summed E-state index contributed by atoms with van der Waals surface area (Å²) in [6.07, 6.45) is 5.67. The van der Waals surface area contributed by atoms with Crippen molar-refractivity contribution in [2.75, 3.05) is 32.2 Å². The topological polar surface area (TPSA) is 37.8 Å². The van der Waals surface area contributed by atoms with Crippen LogP contribution in [0.4, 0.5) is 17.2 Å². The Morgan fingerprint density at radius 3 is 2.35 bits per heavy atom. The molecule has 5 nitrogen and oxygen atoms in total. The summed E-state index contributed by atoms with van der Waals surface area (Å²) in [5.74, 6) is 1.72. The highest BCUT2D eigenvalue weighted by atomic mass is 35.5. The van der Waals surface area contributed by atoms with E-state index in [4.69, 9.17) is 32.7 Å². The van der Waals surface area contributed by atoms with Crippen LogP contribution in [0.15, 0.2) is 41.2 Å². The second-order valence-electron chi connectivity index (χ2n) is 7.43. The predicted octanol–water partition coefficient (Wildman–Crippen LogP) is 6.92. The van der Waals surface area contributed by atoms with Gasteiger partial charge in [-0.15, -0.1) is 0 Å². The summed E-state index contributed by atoms with van der Waals surface area (Å²) >= 11 is 15.1. The number of halogens is 2. The lowest BCUT2D eigenvalue weighted by atomic mass is 10.1. The van der Waals surface area contributed by atoms with Gasteiger partial charge in [-0.2, -0.15) is 11.3 Å². The van der Waals surface area contributed by atoms with Crippen LogP contribution in [0.2, 0.25) is 10.0 Å². The molecule has 0 N–H and O–H groups in total. The van der Waals surface area contributed by atoms with E-state index in [0.29, 0.717) is 27.2 Å². The molecule has 3 heterocycles. The van der Waals surface area contributed by atoms with Crippen LogP contribution in [0, 0.1) is 0 Å². The molecule has 0 atom stereocenters. The van der Waals surface area contributed by atoms with Gasteiger partial charge >= 0.3 is 0 Å². The largest absolute Gasteiger partial charge is 0.495 e. The molecule has 0 amide bonds. The summed E-state index contributed by atoms with van der Waals surface area (Å²) < 4.78 is 11.0. The van der Waals surface area contributed by atoms with Crippen LogP contribution in [0.1, 0.15) is 24.8 Å². The van der Waals surface area contributed by atoms with Gasteiger partial charge in [-0.1, -0.05) is 29.6 Å². The number of hydrogen-bond donors (Lipinski definition) is 0. The van der Waals surface area contributed by atoms with E-state index < -0.39 is 0 Å². The molecule has 8 heteroatoms. The molecule has 1 saturated heterocycles. The number of pyridine rings is 1. The lowest BCUT2D eigenvalue weighted by Crippen LogP contribution is -2.29. The first-order chi connectivity index (χ1) is 15.1. The highest BCUT2D eigenvalue weighted by molar-refractivity contribution is 7.08.